The average Bonchev–Trinajstić information content (AvgIpc) is 3.08. The van der Waals surface area contributed by atoms with Crippen molar-refractivity contribution >= 4 is 10.0 Å². The molecule has 0 unspecified atom stereocenters. The first-order valence-electron chi connectivity index (χ1n) is 8.90. The van der Waals surface area contributed by atoms with Crippen molar-refractivity contribution in [3.8, 4) is 11.4 Å². The van der Waals surface area contributed by atoms with Crippen LogP contribution in [0, 0.1) is 11.6 Å². The molecular formula is C20H15F2N3O3S. The molecule has 0 radical (unpaired) electrons. The molecule has 1 spiro atoms. The molecule has 0 atom stereocenters. The second kappa shape index (κ2) is 6.38. The highest BCUT2D eigenvalue weighted by atomic mass is 32.2. The molecule has 0 aliphatic carbocycles. The lowest BCUT2D eigenvalue weighted by molar-refractivity contribution is -0.112. The van der Waals surface area contributed by atoms with E-state index >= 15 is 0 Å². The summed E-state index contributed by atoms with van der Waals surface area (Å²) in [7, 11) is -3.95. The van der Waals surface area contributed by atoms with E-state index in [-0.39, 0.29) is 24.6 Å². The summed E-state index contributed by atoms with van der Waals surface area (Å²) in [6, 6.07) is 12.1. The quantitative estimate of drug-likeness (QED) is 0.658. The van der Waals surface area contributed by atoms with Crippen molar-refractivity contribution in [2.75, 3.05) is 13.1 Å². The maximum absolute atomic E-state index is 13.5. The zero-order chi connectivity index (χ0) is 20.2. The Hall–Kier alpha value is -2.75. The fourth-order valence-electron chi connectivity index (χ4n) is 3.66. The summed E-state index contributed by atoms with van der Waals surface area (Å²) in [5, 5.41) is 0. The van der Waals surface area contributed by atoms with Gasteiger partial charge in [-0.2, -0.15) is 4.31 Å². The number of benzene rings is 2. The molecule has 0 bridgehead atoms. The van der Waals surface area contributed by atoms with E-state index in [4.69, 9.17) is 4.74 Å². The predicted octanol–water partition coefficient (Wildman–Crippen LogP) is 2.85. The van der Waals surface area contributed by atoms with Crippen molar-refractivity contribution in [2.45, 2.75) is 17.1 Å². The summed E-state index contributed by atoms with van der Waals surface area (Å²) in [5.41, 5.74) is 1.56. The summed E-state index contributed by atoms with van der Waals surface area (Å²) < 4.78 is 59.1. The molecule has 1 saturated heterocycles. The first-order chi connectivity index (χ1) is 13.9. The van der Waals surface area contributed by atoms with Gasteiger partial charge in [-0.05, 0) is 18.2 Å². The molecule has 1 aromatic heterocycles. The number of hydrogen-bond acceptors (Lipinski definition) is 5. The first-order valence-corrected chi connectivity index (χ1v) is 10.3. The Morgan fingerprint density at radius 1 is 1.03 bits per heavy atom. The van der Waals surface area contributed by atoms with E-state index in [0.29, 0.717) is 11.9 Å². The van der Waals surface area contributed by atoms with Crippen LogP contribution in [0.5, 0.6) is 0 Å². The van der Waals surface area contributed by atoms with E-state index < -0.39 is 27.3 Å². The Kier molecular flexibility index (Phi) is 4.02. The highest BCUT2D eigenvalue weighted by Gasteiger charge is 2.55. The maximum Gasteiger partial charge on any atom is 0.243 e. The highest BCUT2D eigenvalue weighted by molar-refractivity contribution is 7.89. The van der Waals surface area contributed by atoms with Crippen LogP contribution in [0.4, 0.5) is 8.78 Å². The van der Waals surface area contributed by atoms with Gasteiger partial charge in [0.25, 0.3) is 0 Å². The zero-order valence-corrected chi connectivity index (χ0v) is 15.9. The van der Waals surface area contributed by atoms with Gasteiger partial charge in [-0.25, -0.2) is 27.2 Å². The van der Waals surface area contributed by atoms with E-state index in [1.165, 1.54) is 4.31 Å². The standard InChI is InChI=1S/C20H15F2N3O3S/c21-16-7-6-14(8-17(16)22)29(26,27)25-11-20(12-25)15-9-23-19(24-18(15)10-28-20)13-4-2-1-3-5-13/h1-9H,10-12H2. The molecule has 0 N–H and O–H groups in total. The molecule has 3 heterocycles. The molecule has 2 aromatic carbocycles. The maximum atomic E-state index is 13.5. The van der Waals surface area contributed by atoms with Gasteiger partial charge in [-0.1, -0.05) is 30.3 Å². The Morgan fingerprint density at radius 3 is 2.52 bits per heavy atom. The summed E-state index contributed by atoms with van der Waals surface area (Å²) in [5.74, 6) is -1.72. The fraction of sp³-hybridized carbons (Fsp3) is 0.200. The second-order valence-electron chi connectivity index (χ2n) is 7.05. The SMILES string of the molecule is O=S(=O)(c1ccc(F)c(F)c1)N1CC2(C1)OCc1nc(-c3ccccc3)ncc12. The summed E-state index contributed by atoms with van der Waals surface area (Å²) >= 11 is 0. The lowest BCUT2D eigenvalue weighted by Crippen LogP contribution is -2.61. The van der Waals surface area contributed by atoms with E-state index in [0.717, 1.165) is 29.0 Å². The number of rotatable bonds is 3. The number of fused-ring (bicyclic) bond motifs is 2. The molecule has 2 aliphatic rings. The van der Waals surface area contributed by atoms with Gasteiger partial charge < -0.3 is 4.74 Å². The van der Waals surface area contributed by atoms with Crippen LogP contribution < -0.4 is 0 Å². The number of ether oxygens (including phenoxy) is 1. The van der Waals surface area contributed by atoms with Gasteiger partial charge in [0.15, 0.2) is 17.5 Å². The van der Waals surface area contributed by atoms with Gasteiger partial charge in [0.05, 0.1) is 17.2 Å². The van der Waals surface area contributed by atoms with Crippen molar-refractivity contribution in [2.24, 2.45) is 0 Å². The number of halogens is 2. The van der Waals surface area contributed by atoms with Crippen LogP contribution >= 0.6 is 0 Å². The molecular weight excluding hydrogens is 400 g/mol. The Labute approximate surface area is 165 Å². The average molecular weight is 415 g/mol. The molecule has 29 heavy (non-hydrogen) atoms. The Balaban J connectivity index is 1.40. The molecule has 0 saturated carbocycles. The monoisotopic (exact) mass is 415 g/mol. The minimum absolute atomic E-state index is 0.0649. The first kappa shape index (κ1) is 18.3. The van der Waals surface area contributed by atoms with Crippen molar-refractivity contribution in [3.05, 3.63) is 77.6 Å². The number of nitrogens with zero attached hydrogens (tertiary/aromatic N) is 3. The third-order valence-corrected chi connectivity index (χ3v) is 7.06. The van der Waals surface area contributed by atoms with Gasteiger partial charge in [0.2, 0.25) is 10.0 Å². The van der Waals surface area contributed by atoms with Crippen LogP contribution in [-0.4, -0.2) is 35.8 Å². The van der Waals surface area contributed by atoms with E-state index in [9.17, 15) is 17.2 Å². The molecule has 5 rings (SSSR count). The molecule has 6 nitrogen and oxygen atoms in total. The van der Waals surface area contributed by atoms with Gasteiger partial charge in [-0.15, -0.1) is 0 Å². The molecule has 3 aromatic rings. The summed E-state index contributed by atoms with van der Waals surface area (Å²) in [6.45, 7) is 0.390. The Bertz CT molecular complexity index is 1210. The van der Waals surface area contributed by atoms with E-state index in [1.54, 1.807) is 6.20 Å². The minimum Gasteiger partial charge on any atom is -0.361 e. The van der Waals surface area contributed by atoms with Crippen LogP contribution in [0.1, 0.15) is 11.3 Å². The van der Waals surface area contributed by atoms with Crippen molar-refractivity contribution in [1.29, 1.82) is 0 Å². The fourth-order valence-corrected chi connectivity index (χ4v) is 5.21. The predicted molar refractivity (Wildman–Crippen MR) is 99.1 cm³/mol. The lowest BCUT2D eigenvalue weighted by Gasteiger charge is -2.46. The van der Waals surface area contributed by atoms with Gasteiger partial charge >= 0.3 is 0 Å². The van der Waals surface area contributed by atoms with Gasteiger partial charge in [0, 0.05) is 30.4 Å². The summed E-state index contributed by atoms with van der Waals surface area (Å²) in [4.78, 5) is 8.69. The number of aromatic nitrogens is 2. The smallest absolute Gasteiger partial charge is 0.243 e. The Morgan fingerprint density at radius 2 is 1.79 bits per heavy atom. The molecule has 1 fully saturated rings. The third-order valence-electron chi connectivity index (χ3n) is 5.27. The van der Waals surface area contributed by atoms with Crippen LogP contribution in [0.15, 0.2) is 59.6 Å². The summed E-state index contributed by atoms with van der Waals surface area (Å²) in [6.07, 6.45) is 1.68. The van der Waals surface area contributed by atoms with Crippen LogP contribution in [0.2, 0.25) is 0 Å². The van der Waals surface area contributed by atoms with Crippen molar-refractivity contribution in [1.82, 2.24) is 14.3 Å². The molecule has 2 aliphatic heterocycles. The minimum atomic E-state index is -3.95. The van der Waals surface area contributed by atoms with Crippen LogP contribution in [-0.2, 0) is 27.0 Å². The van der Waals surface area contributed by atoms with Crippen molar-refractivity contribution in [3.63, 3.8) is 0 Å². The normalized spacial score (nSPS) is 17.9. The van der Waals surface area contributed by atoms with E-state index in [1.807, 2.05) is 30.3 Å². The number of hydrogen-bond donors (Lipinski definition) is 0. The number of sulfonamides is 1. The van der Waals surface area contributed by atoms with Gasteiger partial charge in [0.1, 0.15) is 5.60 Å². The largest absolute Gasteiger partial charge is 0.361 e. The lowest BCUT2D eigenvalue weighted by atomic mass is 9.90. The molecule has 0 amide bonds. The molecule has 148 valence electrons. The highest BCUT2D eigenvalue weighted by Crippen LogP contribution is 2.44. The second-order valence-corrected chi connectivity index (χ2v) is 8.99. The topological polar surface area (TPSA) is 72.4 Å². The van der Waals surface area contributed by atoms with Crippen molar-refractivity contribution < 1.29 is 21.9 Å². The third kappa shape index (κ3) is 2.85. The molecule has 9 heteroatoms. The zero-order valence-electron chi connectivity index (χ0n) is 15.0. The van der Waals surface area contributed by atoms with E-state index in [2.05, 4.69) is 9.97 Å². The van der Waals surface area contributed by atoms with Crippen LogP contribution in [0.3, 0.4) is 0 Å². The van der Waals surface area contributed by atoms with Gasteiger partial charge in [-0.3, -0.25) is 0 Å². The van der Waals surface area contributed by atoms with Crippen LogP contribution in [0.25, 0.3) is 11.4 Å².